The molecule has 1 saturated carbocycles. The van der Waals surface area contributed by atoms with Crippen molar-refractivity contribution in [2.75, 3.05) is 18.0 Å². The number of fused-ring (bicyclic) bond motifs is 4. The monoisotopic (exact) mass is 707 g/mol. The average molecular weight is 709 g/mol. The van der Waals surface area contributed by atoms with Crippen molar-refractivity contribution in [1.29, 1.82) is 0 Å². The number of imide groups is 2. The van der Waals surface area contributed by atoms with Gasteiger partial charge >= 0.3 is 0 Å². The number of phenolic OH excluding ortho intramolecular Hbond substituents is 1. The molecular formula is C39H38BrN3O5. The molecule has 1 N–H and O–H groups in total. The van der Waals surface area contributed by atoms with E-state index in [0.29, 0.717) is 24.1 Å². The Morgan fingerprint density at radius 2 is 1.54 bits per heavy atom. The van der Waals surface area contributed by atoms with Gasteiger partial charge in [-0.1, -0.05) is 76.1 Å². The summed E-state index contributed by atoms with van der Waals surface area (Å²) in [6.45, 7) is 4.28. The average Bonchev–Trinajstić information content (AvgIpc) is 3.46. The number of aromatic hydroxyl groups is 1. The number of piperidine rings is 1. The van der Waals surface area contributed by atoms with Gasteiger partial charge in [-0.2, -0.15) is 0 Å². The number of carbonyl (C=O) groups is 4. The molecule has 5 aliphatic rings. The van der Waals surface area contributed by atoms with Crippen molar-refractivity contribution in [2.45, 2.75) is 51.1 Å². The molecule has 0 bridgehead atoms. The summed E-state index contributed by atoms with van der Waals surface area (Å²) in [6.07, 6.45) is 4.18. The summed E-state index contributed by atoms with van der Waals surface area (Å²) < 4.78 is 0.737. The maximum absolute atomic E-state index is 14.5. The molecule has 9 heteroatoms. The molecule has 246 valence electrons. The van der Waals surface area contributed by atoms with Crippen molar-refractivity contribution in [3.05, 3.63) is 106 Å². The summed E-state index contributed by atoms with van der Waals surface area (Å²) in [4.78, 5) is 62.6. The van der Waals surface area contributed by atoms with Gasteiger partial charge in [0.2, 0.25) is 23.6 Å². The van der Waals surface area contributed by atoms with E-state index in [2.05, 4.69) is 33.0 Å². The predicted molar refractivity (Wildman–Crippen MR) is 183 cm³/mol. The summed E-state index contributed by atoms with van der Waals surface area (Å²) >= 11 is 3.55. The highest BCUT2D eigenvalue weighted by Gasteiger charge is 2.68. The van der Waals surface area contributed by atoms with Crippen LogP contribution in [0.4, 0.5) is 5.69 Å². The maximum Gasteiger partial charge on any atom is 0.241 e. The van der Waals surface area contributed by atoms with E-state index >= 15 is 0 Å². The Kier molecular flexibility index (Phi) is 7.68. The number of anilines is 1. The minimum absolute atomic E-state index is 0.0305. The van der Waals surface area contributed by atoms with Gasteiger partial charge in [0.25, 0.3) is 0 Å². The first kappa shape index (κ1) is 31.2. The number of hydrogen-bond acceptors (Lipinski definition) is 6. The number of hydrogen-bond donors (Lipinski definition) is 1. The van der Waals surface area contributed by atoms with Crippen LogP contribution in [-0.4, -0.2) is 57.7 Å². The van der Waals surface area contributed by atoms with E-state index in [9.17, 15) is 24.3 Å². The number of benzene rings is 3. The number of amides is 4. The lowest BCUT2D eigenvalue weighted by Gasteiger charge is -2.49. The molecule has 3 heterocycles. The number of rotatable bonds is 5. The lowest BCUT2D eigenvalue weighted by molar-refractivity contribution is -0.144. The van der Waals surface area contributed by atoms with Crippen LogP contribution in [0, 0.1) is 29.1 Å². The predicted octanol–water partition coefficient (Wildman–Crippen LogP) is 6.05. The van der Waals surface area contributed by atoms with Gasteiger partial charge in [-0.05, 0) is 74.4 Å². The van der Waals surface area contributed by atoms with Crippen molar-refractivity contribution in [2.24, 2.45) is 29.1 Å². The molecular weight excluding hydrogens is 670 g/mol. The highest BCUT2D eigenvalue weighted by Crippen LogP contribution is 2.64. The molecule has 3 aromatic rings. The van der Waals surface area contributed by atoms with E-state index in [1.54, 1.807) is 41.3 Å². The number of halogens is 1. The second-order valence-electron chi connectivity index (χ2n) is 14.2. The fraction of sp³-hybridized carbons (Fsp3) is 0.385. The zero-order valence-electron chi connectivity index (χ0n) is 26.8. The Morgan fingerprint density at radius 1 is 0.854 bits per heavy atom. The number of likely N-dealkylation sites (tertiary alicyclic amines) is 2. The van der Waals surface area contributed by atoms with Crippen LogP contribution in [0.25, 0.3) is 0 Å². The molecule has 0 aromatic heterocycles. The number of phenols is 1. The van der Waals surface area contributed by atoms with E-state index in [0.717, 1.165) is 42.5 Å². The largest absolute Gasteiger partial charge is 0.508 e. The van der Waals surface area contributed by atoms with Gasteiger partial charge in [-0.15, -0.1) is 0 Å². The summed E-state index contributed by atoms with van der Waals surface area (Å²) in [5, 5.41) is 11.3. The van der Waals surface area contributed by atoms with Crippen LogP contribution in [-0.2, 0) is 25.7 Å². The summed E-state index contributed by atoms with van der Waals surface area (Å²) in [6, 6.07) is 24.3. The fourth-order valence-electron chi connectivity index (χ4n) is 9.50. The van der Waals surface area contributed by atoms with Crippen LogP contribution in [0.5, 0.6) is 5.75 Å². The minimum Gasteiger partial charge on any atom is -0.508 e. The molecule has 6 atom stereocenters. The Morgan fingerprint density at radius 3 is 2.25 bits per heavy atom. The summed E-state index contributed by atoms with van der Waals surface area (Å²) in [5.74, 6) is -3.73. The summed E-state index contributed by atoms with van der Waals surface area (Å²) in [7, 11) is 0. The van der Waals surface area contributed by atoms with Gasteiger partial charge < -0.3 is 5.11 Å². The van der Waals surface area contributed by atoms with Crippen LogP contribution in [0.1, 0.15) is 49.7 Å². The van der Waals surface area contributed by atoms with Crippen LogP contribution >= 0.6 is 15.9 Å². The van der Waals surface area contributed by atoms with Crippen molar-refractivity contribution >= 4 is 45.2 Å². The molecule has 8 nitrogen and oxygen atoms in total. The maximum atomic E-state index is 14.5. The van der Waals surface area contributed by atoms with Crippen molar-refractivity contribution in [3.63, 3.8) is 0 Å². The zero-order valence-corrected chi connectivity index (χ0v) is 28.4. The van der Waals surface area contributed by atoms with Gasteiger partial charge in [0.15, 0.2) is 0 Å². The first-order valence-electron chi connectivity index (χ1n) is 16.9. The molecule has 2 aliphatic carbocycles. The second kappa shape index (κ2) is 11.8. The van der Waals surface area contributed by atoms with E-state index in [4.69, 9.17) is 0 Å². The third-order valence-corrected chi connectivity index (χ3v) is 12.3. The molecule has 4 amide bonds. The van der Waals surface area contributed by atoms with Crippen LogP contribution in [0.2, 0.25) is 0 Å². The van der Waals surface area contributed by atoms with Crippen molar-refractivity contribution in [3.8, 4) is 5.75 Å². The van der Waals surface area contributed by atoms with E-state index < -0.39 is 35.0 Å². The van der Waals surface area contributed by atoms with E-state index in [1.165, 1.54) is 10.5 Å². The molecule has 6 unspecified atom stereocenters. The second-order valence-corrected chi connectivity index (χ2v) is 15.2. The molecule has 48 heavy (non-hydrogen) atoms. The first-order chi connectivity index (χ1) is 23.2. The van der Waals surface area contributed by atoms with E-state index in [-0.39, 0.29) is 35.4 Å². The number of carbonyl (C=O) groups excluding carboxylic acids is 4. The molecule has 3 aliphatic heterocycles. The summed E-state index contributed by atoms with van der Waals surface area (Å²) in [5.41, 5.74) is 1.97. The highest BCUT2D eigenvalue weighted by molar-refractivity contribution is 9.10. The van der Waals surface area contributed by atoms with Crippen molar-refractivity contribution in [1.82, 2.24) is 9.80 Å². The lowest BCUT2D eigenvalue weighted by atomic mass is 9.51. The normalized spacial score (nSPS) is 30.7. The molecule has 0 spiro atoms. The highest BCUT2D eigenvalue weighted by atomic mass is 79.9. The number of para-hydroxylation sites is 1. The van der Waals surface area contributed by atoms with E-state index in [1.807, 2.05) is 43.3 Å². The molecule has 3 aromatic carbocycles. The molecule has 8 rings (SSSR count). The van der Waals surface area contributed by atoms with Crippen LogP contribution < -0.4 is 4.90 Å². The number of nitrogens with zero attached hydrogens (tertiary/aromatic N) is 3. The Labute approximate surface area is 288 Å². The molecule has 4 fully saturated rings. The van der Waals surface area contributed by atoms with Gasteiger partial charge in [-0.3, -0.25) is 29.0 Å². The SMILES string of the molecule is CC12C(=O)N(c3ccccc3)C(=O)C1CC1C(=CCC3C(=O)N(C4CCN(Cc5ccccc5)CC4)C(=O)C31)C2c1cc(Br)ccc1O. The smallest absolute Gasteiger partial charge is 0.241 e. The zero-order chi connectivity index (χ0) is 33.3. The quantitative estimate of drug-likeness (QED) is 0.256. The van der Waals surface area contributed by atoms with Gasteiger partial charge in [0.1, 0.15) is 5.75 Å². The van der Waals surface area contributed by atoms with Crippen molar-refractivity contribution < 1.29 is 24.3 Å². The van der Waals surface area contributed by atoms with Gasteiger partial charge in [-0.25, -0.2) is 4.90 Å². The Balaban J connectivity index is 1.13. The van der Waals surface area contributed by atoms with Gasteiger partial charge in [0.05, 0.1) is 28.9 Å². The topological polar surface area (TPSA) is 98.2 Å². The Hall–Kier alpha value is -4.08. The lowest BCUT2D eigenvalue weighted by Crippen LogP contribution is -2.49. The Bertz CT molecular complexity index is 1840. The standard InChI is InChI=1S/C39H38BrN3O5/c1-39-31(36(46)43(38(39)48)25-10-6-3-7-11-25)21-29-27(34(39)30-20-24(40)12-15-32(30)44)13-14-28-33(29)37(47)42(35(28)45)26-16-18-41(19-17-26)22-23-8-4-2-5-9-23/h2-13,15,20,26,28-29,31,33-34,44H,14,16-19,21-22H2,1H3. The number of allylic oxidation sites excluding steroid dienone is 2. The molecule has 3 saturated heterocycles. The van der Waals surface area contributed by atoms with Crippen LogP contribution in [0.3, 0.4) is 0 Å². The first-order valence-corrected chi connectivity index (χ1v) is 17.7. The third kappa shape index (κ3) is 4.72. The van der Waals surface area contributed by atoms with Crippen LogP contribution in [0.15, 0.2) is 95.0 Å². The molecule has 0 radical (unpaired) electrons. The third-order valence-electron chi connectivity index (χ3n) is 11.8. The van der Waals surface area contributed by atoms with Gasteiger partial charge in [0, 0.05) is 41.6 Å². The fourth-order valence-corrected chi connectivity index (χ4v) is 9.88. The minimum atomic E-state index is -1.20.